The van der Waals surface area contributed by atoms with E-state index in [-0.39, 0.29) is 23.9 Å². The monoisotopic (exact) mass is 353 g/mol. The summed E-state index contributed by atoms with van der Waals surface area (Å²) >= 11 is 5.95. The molecule has 0 aliphatic rings. The maximum Gasteiger partial charge on any atom is 0.271 e. The van der Waals surface area contributed by atoms with Gasteiger partial charge in [-0.05, 0) is 18.2 Å². The fraction of sp³-hybridized carbons (Fsp3) is 0.250. The zero-order valence-electron chi connectivity index (χ0n) is 13.2. The molecule has 0 heterocycles. The van der Waals surface area contributed by atoms with E-state index in [1.54, 1.807) is 18.2 Å². The molecule has 0 aliphatic heterocycles. The summed E-state index contributed by atoms with van der Waals surface area (Å²) in [6, 6.07) is 9.31. The van der Waals surface area contributed by atoms with Crippen LogP contribution in [-0.4, -0.2) is 32.4 Å². The zero-order valence-corrected chi connectivity index (χ0v) is 13.9. The summed E-state index contributed by atoms with van der Waals surface area (Å²) in [5, 5.41) is 10.8. The highest BCUT2D eigenvalue weighted by molar-refractivity contribution is 6.32. The van der Waals surface area contributed by atoms with E-state index in [4.69, 9.17) is 30.5 Å². The molecular formula is C16H16ClNO6. The Balaban J connectivity index is 1.95. The van der Waals surface area contributed by atoms with E-state index in [1.807, 2.05) is 0 Å². The minimum absolute atomic E-state index is 0.0950. The van der Waals surface area contributed by atoms with Gasteiger partial charge >= 0.3 is 0 Å². The number of methoxy groups -OCH3 is 2. The van der Waals surface area contributed by atoms with Crippen LogP contribution in [0.2, 0.25) is 5.02 Å². The molecule has 24 heavy (non-hydrogen) atoms. The highest BCUT2D eigenvalue weighted by Crippen LogP contribution is 2.36. The van der Waals surface area contributed by atoms with Crippen molar-refractivity contribution in [3.63, 3.8) is 0 Å². The predicted molar refractivity (Wildman–Crippen MR) is 88.6 cm³/mol. The minimum atomic E-state index is -0.521. The fourth-order valence-corrected chi connectivity index (χ4v) is 2.20. The van der Waals surface area contributed by atoms with Gasteiger partial charge in [-0.3, -0.25) is 10.1 Å². The molecule has 8 heteroatoms. The molecule has 0 aliphatic carbocycles. The largest absolute Gasteiger partial charge is 0.493 e. The maximum atomic E-state index is 10.7. The van der Waals surface area contributed by atoms with Gasteiger partial charge in [0.1, 0.15) is 19.0 Å². The first-order valence-corrected chi connectivity index (χ1v) is 7.35. The highest BCUT2D eigenvalue weighted by atomic mass is 35.5. The van der Waals surface area contributed by atoms with Crippen LogP contribution in [0.4, 0.5) is 5.69 Å². The lowest BCUT2D eigenvalue weighted by Gasteiger charge is -2.14. The number of nitrogens with zero attached hydrogens (tertiary/aromatic N) is 1. The number of hydrogen-bond acceptors (Lipinski definition) is 6. The van der Waals surface area contributed by atoms with Gasteiger partial charge in [0.25, 0.3) is 5.69 Å². The number of non-ortho nitro benzene ring substituents is 1. The maximum absolute atomic E-state index is 10.7. The van der Waals surface area contributed by atoms with Crippen molar-refractivity contribution in [1.82, 2.24) is 0 Å². The number of nitro benzene ring substituents is 1. The first kappa shape index (κ1) is 17.7. The molecule has 2 aromatic carbocycles. The van der Waals surface area contributed by atoms with Crippen LogP contribution in [-0.2, 0) is 0 Å². The van der Waals surface area contributed by atoms with Crippen molar-refractivity contribution in [3.8, 4) is 23.0 Å². The third kappa shape index (κ3) is 4.20. The molecule has 0 aromatic heterocycles. The van der Waals surface area contributed by atoms with Crippen molar-refractivity contribution in [2.24, 2.45) is 0 Å². The van der Waals surface area contributed by atoms with E-state index in [0.717, 1.165) is 0 Å². The Morgan fingerprint density at radius 1 is 1.00 bits per heavy atom. The van der Waals surface area contributed by atoms with Crippen molar-refractivity contribution in [2.75, 3.05) is 27.4 Å². The topological polar surface area (TPSA) is 80.1 Å². The SMILES string of the molecule is COc1cccc(OC)c1OCCOc1ccc([N+](=O)[O-])cc1Cl. The smallest absolute Gasteiger partial charge is 0.271 e. The summed E-state index contributed by atoms with van der Waals surface area (Å²) in [6.07, 6.45) is 0. The van der Waals surface area contributed by atoms with Crippen LogP contribution in [0.15, 0.2) is 36.4 Å². The molecule has 0 unspecified atom stereocenters. The first-order valence-electron chi connectivity index (χ1n) is 6.97. The molecule has 7 nitrogen and oxygen atoms in total. The Morgan fingerprint density at radius 2 is 1.62 bits per heavy atom. The standard InChI is InChI=1S/C16H16ClNO6/c1-21-14-4-3-5-15(22-2)16(14)24-9-8-23-13-7-6-11(18(19)20)10-12(13)17/h3-7,10H,8-9H2,1-2H3. The Hall–Kier alpha value is -2.67. The average Bonchev–Trinajstić information content (AvgIpc) is 2.59. The molecule has 2 aromatic rings. The van der Waals surface area contributed by atoms with Crippen LogP contribution < -0.4 is 18.9 Å². The Morgan fingerprint density at radius 3 is 2.17 bits per heavy atom. The van der Waals surface area contributed by atoms with Crippen LogP contribution >= 0.6 is 11.6 Å². The number of hydrogen-bond donors (Lipinski definition) is 0. The van der Waals surface area contributed by atoms with Crippen LogP contribution in [0.5, 0.6) is 23.0 Å². The van der Waals surface area contributed by atoms with Crippen LogP contribution in [0, 0.1) is 10.1 Å². The van der Waals surface area contributed by atoms with E-state index < -0.39 is 4.92 Å². The predicted octanol–water partition coefficient (Wildman–Crippen LogP) is 3.72. The minimum Gasteiger partial charge on any atom is -0.493 e. The molecule has 0 radical (unpaired) electrons. The van der Waals surface area contributed by atoms with Gasteiger partial charge in [0.2, 0.25) is 5.75 Å². The molecule has 0 fully saturated rings. The number of ether oxygens (including phenoxy) is 4. The Kier molecular flexibility index (Phi) is 6.08. The quantitative estimate of drug-likeness (QED) is 0.409. The second-order valence-electron chi connectivity index (χ2n) is 4.56. The summed E-state index contributed by atoms with van der Waals surface area (Å²) in [4.78, 5) is 10.1. The second kappa shape index (κ2) is 8.26. The van der Waals surface area contributed by atoms with Crippen molar-refractivity contribution in [2.45, 2.75) is 0 Å². The van der Waals surface area contributed by atoms with Crippen LogP contribution in [0.3, 0.4) is 0 Å². The molecule has 128 valence electrons. The number of benzene rings is 2. The van der Waals surface area contributed by atoms with Gasteiger partial charge in [-0.25, -0.2) is 0 Å². The molecule has 0 N–H and O–H groups in total. The van der Waals surface area contributed by atoms with Crippen LogP contribution in [0.1, 0.15) is 0 Å². The summed E-state index contributed by atoms with van der Waals surface area (Å²) < 4.78 is 21.6. The molecule has 0 bridgehead atoms. The molecule has 0 atom stereocenters. The van der Waals surface area contributed by atoms with Crippen molar-refractivity contribution in [1.29, 1.82) is 0 Å². The molecule has 2 rings (SSSR count). The lowest BCUT2D eigenvalue weighted by Crippen LogP contribution is -2.10. The summed E-state index contributed by atoms with van der Waals surface area (Å²) in [7, 11) is 3.07. The normalized spacial score (nSPS) is 10.1. The first-order chi connectivity index (χ1) is 11.6. The summed E-state index contributed by atoms with van der Waals surface area (Å²) in [5.74, 6) is 1.91. The summed E-state index contributed by atoms with van der Waals surface area (Å²) in [6.45, 7) is 0.406. The van der Waals surface area contributed by atoms with Gasteiger partial charge in [0.05, 0.1) is 24.2 Å². The van der Waals surface area contributed by atoms with Gasteiger partial charge in [-0.1, -0.05) is 17.7 Å². The lowest BCUT2D eigenvalue weighted by molar-refractivity contribution is -0.384. The van der Waals surface area contributed by atoms with Crippen molar-refractivity contribution >= 4 is 17.3 Å². The van der Waals surface area contributed by atoms with E-state index >= 15 is 0 Å². The Labute approximate surface area is 143 Å². The molecule has 0 spiro atoms. The van der Waals surface area contributed by atoms with E-state index in [1.165, 1.54) is 32.4 Å². The molecular weight excluding hydrogens is 338 g/mol. The van der Waals surface area contributed by atoms with Crippen molar-refractivity contribution < 1.29 is 23.9 Å². The van der Waals surface area contributed by atoms with Gasteiger partial charge in [-0.2, -0.15) is 0 Å². The van der Waals surface area contributed by atoms with Crippen LogP contribution in [0.25, 0.3) is 0 Å². The molecule has 0 saturated heterocycles. The average molecular weight is 354 g/mol. The number of para-hydroxylation sites is 1. The van der Waals surface area contributed by atoms with Gasteiger partial charge in [0, 0.05) is 12.1 Å². The van der Waals surface area contributed by atoms with Gasteiger partial charge < -0.3 is 18.9 Å². The number of halogens is 1. The molecule has 0 saturated carbocycles. The van der Waals surface area contributed by atoms with E-state index in [2.05, 4.69) is 0 Å². The summed E-state index contributed by atoms with van der Waals surface area (Å²) in [5.41, 5.74) is -0.0950. The highest BCUT2D eigenvalue weighted by Gasteiger charge is 2.12. The third-order valence-corrected chi connectivity index (χ3v) is 3.39. The van der Waals surface area contributed by atoms with E-state index in [9.17, 15) is 10.1 Å². The van der Waals surface area contributed by atoms with Gasteiger partial charge in [-0.15, -0.1) is 0 Å². The fourth-order valence-electron chi connectivity index (χ4n) is 1.98. The number of rotatable bonds is 8. The second-order valence-corrected chi connectivity index (χ2v) is 4.97. The van der Waals surface area contributed by atoms with E-state index in [0.29, 0.717) is 23.0 Å². The zero-order chi connectivity index (χ0) is 17.5. The lowest BCUT2D eigenvalue weighted by atomic mass is 10.3. The molecule has 0 amide bonds. The Bertz CT molecular complexity index is 699. The third-order valence-electron chi connectivity index (χ3n) is 3.10. The van der Waals surface area contributed by atoms with Crippen molar-refractivity contribution in [3.05, 3.63) is 51.5 Å². The van der Waals surface area contributed by atoms with Gasteiger partial charge in [0.15, 0.2) is 11.5 Å². The number of nitro groups is 1.